The highest BCUT2D eigenvalue weighted by Crippen LogP contribution is 2.31. The van der Waals surface area contributed by atoms with Crippen molar-refractivity contribution in [1.82, 2.24) is 9.80 Å². The van der Waals surface area contributed by atoms with Gasteiger partial charge in [-0.05, 0) is 38.6 Å². The molecule has 0 aromatic carbocycles. The van der Waals surface area contributed by atoms with Crippen molar-refractivity contribution in [2.24, 2.45) is 5.41 Å². The average molecular weight is 238 g/mol. The molecule has 2 aliphatic rings. The predicted octanol–water partition coefficient (Wildman–Crippen LogP) is 2.98. The highest BCUT2D eigenvalue weighted by Gasteiger charge is 2.37. The predicted molar refractivity (Wildman–Crippen MR) is 74.3 cm³/mol. The van der Waals surface area contributed by atoms with Gasteiger partial charge < -0.3 is 0 Å². The highest BCUT2D eigenvalue weighted by atomic mass is 15.3. The zero-order valence-corrected chi connectivity index (χ0v) is 12.4. The van der Waals surface area contributed by atoms with Gasteiger partial charge in [-0.15, -0.1) is 0 Å². The quantitative estimate of drug-likeness (QED) is 0.693. The van der Waals surface area contributed by atoms with Gasteiger partial charge in [0, 0.05) is 31.2 Å². The average Bonchev–Trinajstić information content (AvgIpc) is 2.26. The lowest BCUT2D eigenvalue weighted by Crippen LogP contribution is -2.62. The molecule has 0 aromatic heterocycles. The van der Waals surface area contributed by atoms with Crippen LogP contribution in [0.15, 0.2) is 0 Å². The van der Waals surface area contributed by atoms with E-state index in [0.29, 0.717) is 11.5 Å². The first-order chi connectivity index (χ1) is 7.89. The molecule has 3 unspecified atom stereocenters. The van der Waals surface area contributed by atoms with E-state index < -0.39 is 0 Å². The number of hydrogen-bond donors (Lipinski definition) is 0. The number of hydrogen-bond acceptors (Lipinski definition) is 2. The van der Waals surface area contributed by atoms with E-state index in [1.54, 1.807) is 0 Å². The van der Waals surface area contributed by atoms with E-state index in [9.17, 15) is 0 Å². The molecule has 2 rings (SSSR count). The molecule has 0 N–H and O–H groups in total. The van der Waals surface area contributed by atoms with Gasteiger partial charge in [0.2, 0.25) is 0 Å². The van der Waals surface area contributed by atoms with Crippen molar-refractivity contribution in [2.45, 2.75) is 72.0 Å². The van der Waals surface area contributed by atoms with Crippen LogP contribution >= 0.6 is 0 Å². The molecule has 2 heteroatoms. The van der Waals surface area contributed by atoms with Gasteiger partial charge in [0.1, 0.15) is 0 Å². The molecule has 0 amide bonds. The van der Waals surface area contributed by atoms with Crippen LogP contribution in [0.1, 0.15) is 53.9 Å². The van der Waals surface area contributed by atoms with Crippen molar-refractivity contribution < 1.29 is 0 Å². The van der Waals surface area contributed by atoms with Gasteiger partial charge in [0.05, 0.1) is 0 Å². The molecule has 2 nitrogen and oxygen atoms in total. The summed E-state index contributed by atoms with van der Waals surface area (Å²) in [5.74, 6) is 0. The summed E-state index contributed by atoms with van der Waals surface area (Å²) >= 11 is 0. The minimum atomic E-state index is 0.394. The lowest BCUT2D eigenvalue weighted by molar-refractivity contribution is -0.0288. The van der Waals surface area contributed by atoms with Crippen LogP contribution in [0.2, 0.25) is 0 Å². The molecule has 0 radical (unpaired) electrons. The maximum absolute atomic E-state index is 2.76. The van der Waals surface area contributed by atoms with E-state index in [-0.39, 0.29) is 0 Å². The molecular weight excluding hydrogens is 208 g/mol. The Kier molecular flexibility index (Phi) is 3.84. The summed E-state index contributed by atoms with van der Waals surface area (Å²) in [6, 6.07) is 2.24. The number of rotatable bonds is 1. The summed E-state index contributed by atoms with van der Waals surface area (Å²) in [5.41, 5.74) is 0.394. The van der Waals surface area contributed by atoms with Gasteiger partial charge in [-0.3, -0.25) is 9.80 Å². The van der Waals surface area contributed by atoms with Crippen molar-refractivity contribution in [2.75, 3.05) is 19.6 Å². The summed E-state index contributed by atoms with van der Waals surface area (Å²) < 4.78 is 0. The Bertz CT molecular complexity index is 256. The molecule has 0 saturated carbocycles. The van der Waals surface area contributed by atoms with Crippen molar-refractivity contribution >= 4 is 0 Å². The molecule has 3 atom stereocenters. The Morgan fingerprint density at radius 2 is 1.82 bits per heavy atom. The topological polar surface area (TPSA) is 6.48 Å². The van der Waals surface area contributed by atoms with E-state index in [4.69, 9.17) is 0 Å². The number of piperazine rings is 1. The van der Waals surface area contributed by atoms with E-state index in [0.717, 1.165) is 12.1 Å². The van der Waals surface area contributed by atoms with Crippen molar-refractivity contribution in [3.63, 3.8) is 0 Å². The second-order valence-electron chi connectivity index (χ2n) is 7.23. The fourth-order valence-electron chi connectivity index (χ4n) is 3.41. The maximum Gasteiger partial charge on any atom is 0.0224 e. The third-order valence-corrected chi connectivity index (χ3v) is 4.99. The van der Waals surface area contributed by atoms with E-state index >= 15 is 0 Å². The largest absolute Gasteiger partial charge is 0.298 e. The summed E-state index contributed by atoms with van der Waals surface area (Å²) in [7, 11) is 0. The van der Waals surface area contributed by atoms with Gasteiger partial charge in [0.15, 0.2) is 0 Å². The van der Waals surface area contributed by atoms with Crippen LogP contribution < -0.4 is 0 Å². The van der Waals surface area contributed by atoms with Gasteiger partial charge in [0.25, 0.3) is 0 Å². The summed E-state index contributed by atoms with van der Waals surface area (Å²) in [6.07, 6.45) is 4.27. The Labute approximate surface area is 107 Å². The van der Waals surface area contributed by atoms with Crippen LogP contribution in [0.4, 0.5) is 0 Å². The van der Waals surface area contributed by atoms with Gasteiger partial charge in [-0.25, -0.2) is 0 Å². The van der Waals surface area contributed by atoms with Gasteiger partial charge in [-0.1, -0.05) is 27.2 Å². The van der Waals surface area contributed by atoms with Crippen LogP contribution in [0.5, 0.6) is 0 Å². The molecule has 0 bridgehead atoms. The fourth-order valence-corrected chi connectivity index (χ4v) is 3.41. The highest BCUT2D eigenvalue weighted by molar-refractivity contribution is 4.93. The summed E-state index contributed by atoms with van der Waals surface area (Å²) in [5, 5.41) is 0. The van der Waals surface area contributed by atoms with Crippen LogP contribution in [0.25, 0.3) is 0 Å². The maximum atomic E-state index is 2.76. The molecule has 0 aromatic rings. The lowest BCUT2D eigenvalue weighted by atomic mass is 9.84. The van der Waals surface area contributed by atoms with Crippen molar-refractivity contribution in [3.05, 3.63) is 0 Å². The molecule has 2 fully saturated rings. The first-order valence-corrected chi connectivity index (χ1v) is 7.39. The van der Waals surface area contributed by atoms with E-state index in [1.165, 1.54) is 38.9 Å². The minimum absolute atomic E-state index is 0.394. The fraction of sp³-hybridized carbons (Fsp3) is 1.00. The summed E-state index contributed by atoms with van der Waals surface area (Å²) in [6.45, 7) is 15.9. The van der Waals surface area contributed by atoms with Crippen LogP contribution in [-0.4, -0.2) is 47.6 Å². The molecule has 2 aliphatic heterocycles. The second-order valence-corrected chi connectivity index (χ2v) is 7.23. The summed E-state index contributed by atoms with van der Waals surface area (Å²) in [4.78, 5) is 5.49. The van der Waals surface area contributed by atoms with Crippen molar-refractivity contribution in [3.8, 4) is 0 Å². The van der Waals surface area contributed by atoms with E-state index in [1.807, 2.05) is 0 Å². The first-order valence-electron chi connectivity index (χ1n) is 7.39. The number of piperidine rings is 1. The minimum Gasteiger partial charge on any atom is -0.298 e. The Morgan fingerprint density at radius 1 is 1.12 bits per heavy atom. The van der Waals surface area contributed by atoms with E-state index in [2.05, 4.69) is 44.4 Å². The third kappa shape index (κ3) is 2.85. The second kappa shape index (κ2) is 4.89. The van der Waals surface area contributed by atoms with Crippen LogP contribution in [-0.2, 0) is 0 Å². The SMILES string of the molecule is CC1CN2CCCCC2CN1C(C)C(C)(C)C. The van der Waals surface area contributed by atoms with Crippen molar-refractivity contribution in [1.29, 1.82) is 0 Å². The van der Waals surface area contributed by atoms with Crippen LogP contribution in [0, 0.1) is 5.41 Å². The molecule has 0 spiro atoms. The zero-order valence-electron chi connectivity index (χ0n) is 12.4. The molecule has 0 aliphatic carbocycles. The smallest absolute Gasteiger partial charge is 0.0224 e. The molecular formula is C15H30N2. The molecule has 2 heterocycles. The molecule has 17 heavy (non-hydrogen) atoms. The standard InChI is InChI=1S/C15H30N2/c1-12-10-16-9-7-6-8-14(16)11-17(12)13(2)15(3,4)5/h12-14H,6-11H2,1-5H3. The Hall–Kier alpha value is -0.0800. The monoisotopic (exact) mass is 238 g/mol. The Balaban J connectivity index is 2.04. The third-order valence-electron chi connectivity index (χ3n) is 4.99. The van der Waals surface area contributed by atoms with Gasteiger partial charge in [-0.2, -0.15) is 0 Å². The molecule has 100 valence electrons. The zero-order chi connectivity index (χ0) is 12.6. The molecule has 2 saturated heterocycles. The first kappa shape index (κ1) is 13.4. The number of nitrogens with zero attached hydrogens (tertiary/aromatic N) is 2. The Morgan fingerprint density at radius 3 is 2.47 bits per heavy atom. The lowest BCUT2D eigenvalue weighted by Gasteiger charge is -2.52. The normalized spacial score (nSPS) is 34.4. The van der Waals surface area contributed by atoms with Crippen LogP contribution in [0.3, 0.4) is 0 Å². The number of fused-ring (bicyclic) bond motifs is 1. The van der Waals surface area contributed by atoms with Gasteiger partial charge >= 0.3 is 0 Å².